The molecule has 1 fully saturated rings. The number of Topliss-reactive ketones (excluding diaryl/α,β-unsaturated/α-hetero) is 1. The highest BCUT2D eigenvalue weighted by Gasteiger charge is 2.37. The van der Waals surface area contributed by atoms with Crippen molar-refractivity contribution >= 4 is 41.0 Å². The Labute approximate surface area is 312 Å². The average Bonchev–Trinajstić information content (AvgIpc) is 3.59. The van der Waals surface area contributed by atoms with Gasteiger partial charge in [0.15, 0.2) is 11.9 Å². The van der Waals surface area contributed by atoms with Gasteiger partial charge < -0.3 is 25.8 Å². The summed E-state index contributed by atoms with van der Waals surface area (Å²) in [6.45, 7) is 12.4. The van der Waals surface area contributed by atoms with Crippen LogP contribution in [0.15, 0.2) is 29.6 Å². The maximum atomic E-state index is 14.2. The SMILES string of the molecule is CC[C@H](C)[C@H](CC(=O)[C@H]1CCCCN1C)C(=O)N(C)[C@H](C[C@@H](OC(N)=O)c1nc(C(=O)N[C@@H](Cc2ccc(C)cc2)C[C@H](C)C(=O)O)cs1)C(C)C. The fourth-order valence-corrected chi connectivity index (χ4v) is 7.88. The summed E-state index contributed by atoms with van der Waals surface area (Å²) in [5.74, 6) is -2.74. The number of carbonyl (C=O) groups is 5. The summed E-state index contributed by atoms with van der Waals surface area (Å²) in [6.07, 6.45) is 2.64. The summed E-state index contributed by atoms with van der Waals surface area (Å²) in [6, 6.07) is 6.79. The van der Waals surface area contributed by atoms with Crippen molar-refractivity contribution in [2.75, 3.05) is 20.6 Å². The molecule has 0 radical (unpaired) electrons. The van der Waals surface area contributed by atoms with Gasteiger partial charge >= 0.3 is 12.1 Å². The van der Waals surface area contributed by atoms with E-state index in [2.05, 4.69) is 15.2 Å². The second kappa shape index (κ2) is 19.8. The normalized spacial score (nSPS) is 18.4. The first kappa shape index (κ1) is 42.6. The molecule has 2 aromatic rings. The summed E-state index contributed by atoms with van der Waals surface area (Å²) >= 11 is 1.14. The largest absolute Gasteiger partial charge is 0.481 e. The Morgan fingerprint density at radius 3 is 2.35 bits per heavy atom. The predicted octanol–water partition coefficient (Wildman–Crippen LogP) is 6.02. The average molecular weight is 742 g/mol. The molecule has 0 spiro atoms. The van der Waals surface area contributed by atoms with Crippen molar-refractivity contribution in [3.8, 4) is 0 Å². The molecule has 1 aromatic heterocycles. The van der Waals surface area contributed by atoms with Crippen LogP contribution in [0.4, 0.5) is 4.79 Å². The van der Waals surface area contributed by atoms with Crippen LogP contribution in [0.25, 0.3) is 0 Å². The fraction of sp³-hybridized carbons (Fsp3) is 0.641. The van der Waals surface area contributed by atoms with Crippen molar-refractivity contribution in [1.82, 2.24) is 20.1 Å². The number of nitrogens with zero attached hydrogens (tertiary/aromatic N) is 3. The van der Waals surface area contributed by atoms with Crippen LogP contribution in [0.5, 0.6) is 0 Å². The zero-order valence-electron chi connectivity index (χ0n) is 32.1. The van der Waals surface area contributed by atoms with Crippen LogP contribution in [-0.4, -0.2) is 88.3 Å². The lowest BCUT2D eigenvalue weighted by atomic mass is 9.83. The van der Waals surface area contributed by atoms with Crippen LogP contribution in [0.2, 0.25) is 0 Å². The summed E-state index contributed by atoms with van der Waals surface area (Å²) in [5.41, 5.74) is 7.67. The van der Waals surface area contributed by atoms with E-state index in [1.807, 2.05) is 65.9 Å². The molecule has 1 aliphatic heterocycles. The lowest BCUT2D eigenvalue weighted by molar-refractivity contribution is -0.143. The zero-order valence-corrected chi connectivity index (χ0v) is 32.9. The van der Waals surface area contributed by atoms with E-state index in [0.29, 0.717) is 11.4 Å². The number of aliphatic carboxylic acids is 1. The van der Waals surface area contributed by atoms with Crippen LogP contribution in [0.1, 0.15) is 112 Å². The number of aryl methyl sites for hydroxylation is 1. The van der Waals surface area contributed by atoms with Gasteiger partial charge in [0.25, 0.3) is 5.91 Å². The quantitative estimate of drug-likeness (QED) is 0.156. The van der Waals surface area contributed by atoms with Crippen molar-refractivity contribution in [1.29, 1.82) is 0 Å². The number of aromatic nitrogens is 1. The molecular weight excluding hydrogens is 683 g/mol. The first-order valence-corrected chi connectivity index (χ1v) is 19.4. The number of nitrogens with two attached hydrogens (primary N) is 1. The van der Waals surface area contributed by atoms with Crippen molar-refractivity contribution in [3.05, 3.63) is 51.5 Å². The number of hydrogen-bond acceptors (Lipinski definition) is 9. The van der Waals surface area contributed by atoms with Gasteiger partial charge in [0, 0.05) is 43.3 Å². The number of carbonyl (C=O) groups excluding carboxylic acids is 4. The molecule has 0 bridgehead atoms. The van der Waals surface area contributed by atoms with E-state index in [-0.39, 0.29) is 54.5 Å². The molecule has 0 unspecified atom stereocenters. The summed E-state index contributed by atoms with van der Waals surface area (Å²) in [7, 11) is 3.70. The van der Waals surface area contributed by atoms with Crippen molar-refractivity contribution < 1.29 is 33.8 Å². The number of benzene rings is 1. The maximum Gasteiger partial charge on any atom is 0.405 e. The standard InChI is InChI=1S/C39H59N5O7S/c1-9-25(5)29(20-33(45)31-12-10-11-17-43(31)7)37(47)44(8)32(23(2)3)21-34(51-39(40)50)36-42-30(22-52-36)35(46)41-28(18-26(6)38(48)49)19-27-15-13-24(4)14-16-27/h13-16,22-23,25-26,28-29,31-32,34H,9-12,17-21H2,1-8H3,(H2,40,50)(H,41,46)(H,48,49)/t25-,26-,28+,29-,31+,32+,34+/m0/s1. The molecule has 0 aliphatic carbocycles. The topological polar surface area (TPSA) is 172 Å². The van der Waals surface area contributed by atoms with Gasteiger partial charge in [-0.25, -0.2) is 9.78 Å². The monoisotopic (exact) mass is 741 g/mol. The molecular formula is C39H59N5O7S. The second-order valence-electron chi connectivity index (χ2n) is 15.0. The van der Waals surface area contributed by atoms with E-state index in [0.717, 1.165) is 54.7 Å². The van der Waals surface area contributed by atoms with Crippen LogP contribution < -0.4 is 11.1 Å². The number of likely N-dealkylation sites (tertiary alicyclic amines) is 1. The lowest BCUT2D eigenvalue weighted by Gasteiger charge is -2.37. The first-order chi connectivity index (χ1) is 24.5. The molecule has 12 nitrogen and oxygen atoms in total. The number of nitrogens with one attached hydrogen (secondary N) is 1. The van der Waals surface area contributed by atoms with Crippen molar-refractivity contribution in [2.45, 2.75) is 117 Å². The molecule has 13 heteroatoms. The highest BCUT2D eigenvalue weighted by atomic mass is 32.1. The molecule has 3 rings (SSSR count). The number of primary amides is 1. The number of carboxylic acids is 1. The Balaban J connectivity index is 1.81. The summed E-state index contributed by atoms with van der Waals surface area (Å²) in [4.78, 5) is 73.4. The van der Waals surface area contributed by atoms with E-state index >= 15 is 0 Å². The third-order valence-electron chi connectivity index (χ3n) is 10.6. The molecule has 7 atom stereocenters. The van der Waals surface area contributed by atoms with Gasteiger partial charge in [0.1, 0.15) is 10.7 Å². The number of rotatable bonds is 19. The molecule has 52 heavy (non-hydrogen) atoms. The van der Waals surface area contributed by atoms with Crippen molar-refractivity contribution in [3.63, 3.8) is 0 Å². The van der Waals surface area contributed by atoms with Crippen molar-refractivity contribution in [2.24, 2.45) is 29.4 Å². The minimum atomic E-state index is -1.01. The first-order valence-electron chi connectivity index (χ1n) is 18.5. The molecule has 1 saturated heterocycles. The van der Waals surface area contributed by atoms with Gasteiger partial charge in [0.05, 0.1) is 12.0 Å². The number of ketones is 1. The smallest absolute Gasteiger partial charge is 0.405 e. The number of hydrogen-bond donors (Lipinski definition) is 3. The second-order valence-corrected chi connectivity index (χ2v) is 15.9. The van der Waals surface area contributed by atoms with Gasteiger partial charge in [0.2, 0.25) is 5.91 Å². The number of ether oxygens (including phenoxy) is 1. The Morgan fingerprint density at radius 1 is 1.10 bits per heavy atom. The van der Waals surface area contributed by atoms with Gasteiger partial charge in [-0.2, -0.15) is 0 Å². The number of thiazole rings is 1. The highest BCUT2D eigenvalue weighted by molar-refractivity contribution is 7.09. The molecule has 2 heterocycles. The summed E-state index contributed by atoms with van der Waals surface area (Å²) in [5, 5.41) is 14.4. The Bertz CT molecular complexity index is 1510. The fourth-order valence-electron chi connectivity index (χ4n) is 7.04. The predicted molar refractivity (Wildman–Crippen MR) is 202 cm³/mol. The highest BCUT2D eigenvalue weighted by Crippen LogP contribution is 2.33. The molecule has 1 aromatic carbocycles. The van der Waals surface area contributed by atoms with E-state index in [1.165, 1.54) is 0 Å². The Hall–Kier alpha value is -3.84. The van der Waals surface area contributed by atoms with E-state index in [1.54, 1.807) is 24.3 Å². The molecule has 288 valence electrons. The van der Waals surface area contributed by atoms with Gasteiger partial charge in [-0.15, -0.1) is 11.3 Å². The Morgan fingerprint density at radius 2 is 1.77 bits per heavy atom. The minimum Gasteiger partial charge on any atom is -0.481 e. The third kappa shape index (κ3) is 12.1. The minimum absolute atomic E-state index is 0.0216. The van der Waals surface area contributed by atoms with Crippen LogP contribution in [-0.2, 0) is 25.5 Å². The number of piperidine rings is 1. The number of amides is 3. The van der Waals surface area contributed by atoms with Gasteiger partial charge in [-0.05, 0) is 63.6 Å². The molecule has 3 amide bonds. The lowest BCUT2D eigenvalue weighted by Crippen LogP contribution is -2.48. The van der Waals surface area contributed by atoms with Crippen LogP contribution in [0, 0.1) is 30.6 Å². The van der Waals surface area contributed by atoms with Crippen LogP contribution >= 0.6 is 11.3 Å². The van der Waals surface area contributed by atoms with Gasteiger partial charge in [-0.3, -0.25) is 24.1 Å². The van der Waals surface area contributed by atoms with E-state index in [4.69, 9.17) is 10.5 Å². The number of likely N-dealkylation sites (N-methyl/N-ethyl adjacent to an activating group) is 1. The zero-order chi connectivity index (χ0) is 38.7. The Kier molecular flexibility index (Phi) is 16.2. The molecule has 4 N–H and O–H groups in total. The van der Waals surface area contributed by atoms with E-state index in [9.17, 15) is 29.1 Å². The summed E-state index contributed by atoms with van der Waals surface area (Å²) < 4.78 is 5.57. The number of carboxylic acid groups (broad SMARTS) is 1. The maximum absolute atomic E-state index is 14.2. The van der Waals surface area contributed by atoms with Crippen LogP contribution in [0.3, 0.4) is 0 Å². The third-order valence-corrected chi connectivity index (χ3v) is 11.5. The molecule has 0 saturated carbocycles. The van der Waals surface area contributed by atoms with E-state index < -0.39 is 48.0 Å². The molecule has 1 aliphatic rings. The van der Waals surface area contributed by atoms with Gasteiger partial charge in [-0.1, -0.05) is 77.3 Å².